The summed E-state index contributed by atoms with van der Waals surface area (Å²) in [7, 11) is 0. The molecule has 1 aliphatic carbocycles. The molecule has 57 heavy (non-hydrogen) atoms. The maximum absolute atomic E-state index is 14.7. The number of Topliss-reactive ketones (excluding diaryl/α,β-unsaturated/α-hetero) is 1. The molecule has 1 saturated heterocycles. The lowest BCUT2D eigenvalue weighted by molar-refractivity contribution is -0.184. The minimum Gasteiger partial charge on any atom is -0.506 e. The molecule has 5 heterocycles. The summed E-state index contributed by atoms with van der Waals surface area (Å²) in [5, 5.41) is 32.4. The number of nitrogen functional groups attached to an aromatic ring is 1. The second kappa shape index (κ2) is 15.0. The van der Waals surface area contributed by atoms with Crippen molar-refractivity contribution < 1.29 is 43.9 Å². The molecule has 0 radical (unpaired) electrons. The summed E-state index contributed by atoms with van der Waals surface area (Å²) in [6, 6.07) is 0. The van der Waals surface area contributed by atoms with Gasteiger partial charge in [-0.25, -0.2) is 24.5 Å². The fourth-order valence-electron chi connectivity index (χ4n) is 8.45. The Kier molecular flexibility index (Phi) is 10.7. The van der Waals surface area contributed by atoms with Crippen LogP contribution in [-0.2, 0) is 20.7 Å². The van der Waals surface area contributed by atoms with E-state index in [1.165, 1.54) is 31.2 Å². The average molecular weight is 782 g/mol. The van der Waals surface area contributed by atoms with Gasteiger partial charge in [0, 0.05) is 29.0 Å². The molecule has 4 atom stereocenters. The molecule has 3 aromatic rings. The number of carbonyl (C=O) groups is 3. The fraction of sp³-hybridized carbons (Fsp3) is 0.442. The highest BCUT2D eigenvalue weighted by Gasteiger charge is 2.77. The number of rotatable bonds is 9. The SMILES string of the molecule is CC(C)=CCCC1(C)C=Cc2c(O)c3c(c(CC=C(C)C)c2O1)OC12C(=CCCC1C(C)(C)OC2(CC=C(C)C(=O)O)C(=O)O)C3=O.Nc1ncnc2nc[nH]c12. The largest absolute Gasteiger partial charge is 0.506 e. The number of nitrogens with two attached hydrogens (primary N) is 1. The molecule has 4 unspecified atom stereocenters. The number of carboxylic acids is 2. The first kappa shape index (κ1) is 40.9. The topological polar surface area (TPSA) is 220 Å². The predicted octanol–water partition coefficient (Wildman–Crippen LogP) is 7.45. The van der Waals surface area contributed by atoms with Crippen molar-refractivity contribution in [2.45, 2.75) is 116 Å². The summed E-state index contributed by atoms with van der Waals surface area (Å²) in [5.74, 6) is -3.10. The van der Waals surface area contributed by atoms with Crippen molar-refractivity contribution in [3.05, 3.63) is 82.0 Å². The van der Waals surface area contributed by atoms with E-state index in [4.69, 9.17) is 19.9 Å². The van der Waals surface area contributed by atoms with Crippen LogP contribution in [0.3, 0.4) is 0 Å². The van der Waals surface area contributed by atoms with E-state index in [0.717, 1.165) is 12.0 Å². The fourth-order valence-corrected chi connectivity index (χ4v) is 8.45. The van der Waals surface area contributed by atoms with Crippen LogP contribution in [0.15, 0.2) is 65.3 Å². The molecule has 1 fully saturated rings. The molecule has 2 aromatic heterocycles. The lowest BCUT2D eigenvalue weighted by atomic mass is 9.60. The number of aromatic nitrogens is 4. The number of carboxylic acid groups (broad SMARTS) is 2. The van der Waals surface area contributed by atoms with Gasteiger partial charge in [-0.2, -0.15) is 0 Å². The second-order valence-electron chi connectivity index (χ2n) is 16.3. The van der Waals surface area contributed by atoms with Crippen LogP contribution >= 0.6 is 0 Å². The molecule has 0 bridgehead atoms. The van der Waals surface area contributed by atoms with Crippen LogP contribution in [0.2, 0.25) is 0 Å². The number of hydrogen-bond acceptors (Lipinski definition) is 11. The van der Waals surface area contributed by atoms with Gasteiger partial charge in [0.2, 0.25) is 5.60 Å². The van der Waals surface area contributed by atoms with Gasteiger partial charge >= 0.3 is 11.9 Å². The molecule has 6 N–H and O–H groups in total. The molecule has 3 aliphatic heterocycles. The van der Waals surface area contributed by atoms with Gasteiger partial charge in [0.05, 0.1) is 17.5 Å². The highest BCUT2D eigenvalue weighted by Crippen LogP contribution is 2.64. The van der Waals surface area contributed by atoms with E-state index in [2.05, 4.69) is 26.0 Å². The quantitative estimate of drug-likeness (QED) is 0.105. The number of ketones is 1. The monoisotopic (exact) mass is 781 g/mol. The standard InChI is InChI=1S/C38H46O9.C5H5N5/c1-21(2)11-10-18-36(8)19-17-24-29(39)28-30(40)26-12-9-13-27-35(6,7)47-37(34(43)44,20-16-23(5)33(41)42)38(26,27)46-32(28)25(31(24)45-36)15-14-22(3)4;6-4-3-5(9-1-7-3)10-2-8-4/h11-12,14,16-17,19,27,39H,9-10,13,15,18,20H2,1-8H3,(H,41,42)(H,43,44);1-2H,(H3,6,7,8,9,10). The van der Waals surface area contributed by atoms with Crippen LogP contribution in [0.4, 0.5) is 5.82 Å². The zero-order valence-corrected chi connectivity index (χ0v) is 33.6. The lowest BCUT2D eigenvalue weighted by Crippen LogP contribution is -2.66. The van der Waals surface area contributed by atoms with Gasteiger partial charge in [-0.15, -0.1) is 0 Å². The minimum absolute atomic E-state index is 0.0407. The molecule has 0 saturated carbocycles. The van der Waals surface area contributed by atoms with Gasteiger partial charge < -0.3 is 40.2 Å². The van der Waals surface area contributed by atoms with E-state index in [-0.39, 0.29) is 34.6 Å². The third-order valence-electron chi connectivity index (χ3n) is 11.3. The number of benzene rings is 1. The van der Waals surface area contributed by atoms with Crippen molar-refractivity contribution in [3.8, 4) is 17.2 Å². The predicted molar refractivity (Wildman–Crippen MR) is 214 cm³/mol. The molecule has 302 valence electrons. The number of imidazole rings is 1. The van der Waals surface area contributed by atoms with E-state index >= 15 is 0 Å². The van der Waals surface area contributed by atoms with Gasteiger partial charge in [0.1, 0.15) is 40.3 Å². The molecule has 14 nitrogen and oxygen atoms in total. The first-order chi connectivity index (χ1) is 26.8. The summed E-state index contributed by atoms with van der Waals surface area (Å²) in [4.78, 5) is 54.4. The van der Waals surface area contributed by atoms with E-state index in [1.807, 2.05) is 46.8 Å². The zero-order chi connectivity index (χ0) is 41.7. The maximum atomic E-state index is 14.7. The van der Waals surface area contributed by atoms with Crippen LogP contribution < -0.4 is 15.2 Å². The number of phenolic OH excluding ortho intramolecular Hbond substituents is 1. The Hall–Kier alpha value is -5.76. The van der Waals surface area contributed by atoms with Gasteiger partial charge in [0.15, 0.2) is 22.8 Å². The summed E-state index contributed by atoms with van der Waals surface area (Å²) >= 11 is 0. The Morgan fingerprint density at radius 2 is 1.72 bits per heavy atom. The number of carbonyl (C=O) groups excluding carboxylic acids is 1. The van der Waals surface area contributed by atoms with Crippen LogP contribution in [-0.4, -0.2) is 75.4 Å². The van der Waals surface area contributed by atoms with Crippen molar-refractivity contribution in [1.29, 1.82) is 0 Å². The first-order valence-corrected chi connectivity index (χ1v) is 19.0. The zero-order valence-electron chi connectivity index (χ0n) is 33.6. The normalized spacial score (nSPS) is 25.3. The number of allylic oxidation sites excluding steroid dienone is 5. The molecule has 1 aromatic carbocycles. The number of nitrogens with zero attached hydrogens (tertiary/aromatic N) is 3. The number of ether oxygens (including phenoxy) is 3. The number of aromatic hydroxyl groups is 1. The highest BCUT2D eigenvalue weighted by molar-refractivity contribution is 6.17. The average Bonchev–Trinajstić information content (AvgIpc) is 3.70. The molecule has 14 heteroatoms. The highest BCUT2D eigenvalue weighted by atomic mass is 16.6. The maximum Gasteiger partial charge on any atom is 0.340 e. The van der Waals surface area contributed by atoms with Gasteiger partial charge in [-0.1, -0.05) is 35.5 Å². The van der Waals surface area contributed by atoms with Crippen molar-refractivity contribution in [1.82, 2.24) is 19.9 Å². The molecule has 4 aliphatic rings. The number of hydrogen-bond donors (Lipinski definition) is 5. The van der Waals surface area contributed by atoms with Crippen molar-refractivity contribution in [2.75, 3.05) is 5.73 Å². The van der Waals surface area contributed by atoms with Crippen LogP contribution in [0.5, 0.6) is 17.2 Å². The number of aromatic amines is 1. The first-order valence-electron chi connectivity index (χ1n) is 19.0. The molecule has 7 rings (SSSR count). The minimum atomic E-state index is -2.16. The van der Waals surface area contributed by atoms with Gasteiger partial charge in [-0.3, -0.25) is 4.79 Å². The number of nitrogens with one attached hydrogen (secondary N) is 1. The van der Waals surface area contributed by atoms with Crippen molar-refractivity contribution >= 4 is 40.8 Å². The Balaban J connectivity index is 0.000000472. The van der Waals surface area contributed by atoms with Gasteiger partial charge in [-0.05, 0) is 99.6 Å². The summed E-state index contributed by atoms with van der Waals surface area (Å²) in [6.07, 6.45) is 16.0. The lowest BCUT2D eigenvalue weighted by Gasteiger charge is -2.50. The number of anilines is 1. The summed E-state index contributed by atoms with van der Waals surface area (Å²) in [6.45, 7) is 14.9. The Bertz CT molecular complexity index is 2310. The Morgan fingerprint density at radius 1 is 1.00 bits per heavy atom. The number of aliphatic carboxylic acids is 2. The summed E-state index contributed by atoms with van der Waals surface area (Å²) < 4.78 is 20.2. The molecular formula is C43H51N5O9. The van der Waals surface area contributed by atoms with Crippen molar-refractivity contribution in [3.63, 3.8) is 0 Å². The Labute approximate surface area is 331 Å². The second-order valence-corrected chi connectivity index (χ2v) is 16.3. The molecular weight excluding hydrogens is 730 g/mol. The number of phenols is 1. The smallest absolute Gasteiger partial charge is 0.340 e. The molecule has 1 spiro atoms. The Morgan fingerprint density at radius 3 is 2.37 bits per heavy atom. The van der Waals surface area contributed by atoms with E-state index in [9.17, 15) is 29.7 Å². The van der Waals surface area contributed by atoms with E-state index in [0.29, 0.717) is 59.5 Å². The van der Waals surface area contributed by atoms with Crippen LogP contribution in [0, 0.1) is 5.92 Å². The van der Waals surface area contributed by atoms with Crippen LogP contribution in [0.1, 0.15) is 109 Å². The molecule has 0 amide bonds. The van der Waals surface area contributed by atoms with Gasteiger partial charge in [0.25, 0.3) is 0 Å². The third-order valence-corrected chi connectivity index (χ3v) is 11.3. The number of H-pyrrole nitrogens is 1. The van der Waals surface area contributed by atoms with Crippen LogP contribution in [0.25, 0.3) is 17.2 Å². The van der Waals surface area contributed by atoms with Crippen molar-refractivity contribution in [2.24, 2.45) is 5.92 Å². The third kappa shape index (κ3) is 7.00. The summed E-state index contributed by atoms with van der Waals surface area (Å²) in [5.41, 5.74) is 4.11. The van der Waals surface area contributed by atoms with E-state index in [1.54, 1.807) is 26.0 Å². The number of fused-ring (bicyclic) bond motifs is 3. The van der Waals surface area contributed by atoms with E-state index < -0.39 is 46.0 Å².